The van der Waals surface area contributed by atoms with E-state index in [0.717, 1.165) is 0 Å². The molecule has 0 aliphatic heterocycles. The van der Waals surface area contributed by atoms with E-state index in [1.165, 1.54) is 12.1 Å². The van der Waals surface area contributed by atoms with Gasteiger partial charge in [-0.3, -0.25) is 0 Å². The molecular formula is C12H15FN4O3S. The van der Waals surface area contributed by atoms with Gasteiger partial charge in [0, 0.05) is 13.5 Å². The van der Waals surface area contributed by atoms with Crippen molar-refractivity contribution < 1.29 is 17.3 Å². The lowest BCUT2D eigenvalue weighted by atomic mass is 10.2. The number of hydrogen-bond donors (Lipinski definition) is 2. The van der Waals surface area contributed by atoms with Crippen LogP contribution in [0.2, 0.25) is 0 Å². The molecule has 1 aromatic carbocycles. The van der Waals surface area contributed by atoms with Gasteiger partial charge in [-0.15, -0.1) is 0 Å². The quantitative estimate of drug-likeness (QED) is 0.815. The van der Waals surface area contributed by atoms with Crippen LogP contribution in [0.3, 0.4) is 0 Å². The molecule has 21 heavy (non-hydrogen) atoms. The summed E-state index contributed by atoms with van der Waals surface area (Å²) in [4.78, 5) is 3.45. The zero-order valence-electron chi connectivity index (χ0n) is 11.6. The van der Waals surface area contributed by atoms with Gasteiger partial charge in [-0.25, -0.2) is 17.5 Å². The van der Waals surface area contributed by atoms with Gasteiger partial charge in [-0.05, 0) is 24.7 Å². The van der Waals surface area contributed by atoms with Crippen LogP contribution in [-0.2, 0) is 23.1 Å². The molecule has 2 aromatic rings. The Labute approximate surface area is 121 Å². The SMILES string of the molecule is CNCc1ccc(S(=O)(=O)NCc2noc(C)n2)c(F)c1. The molecule has 2 N–H and O–H groups in total. The Hall–Kier alpha value is -1.84. The minimum Gasteiger partial charge on any atom is -0.340 e. The average Bonchev–Trinajstić information content (AvgIpc) is 2.83. The number of rotatable bonds is 6. The molecular weight excluding hydrogens is 299 g/mol. The largest absolute Gasteiger partial charge is 0.340 e. The van der Waals surface area contributed by atoms with Crippen molar-refractivity contribution >= 4 is 10.0 Å². The highest BCUT2D eigenvalue weighted by molar-refractivity contribution is 7.89. The lowest BCUT2D eigenvalue weighted by Gasteiger charge is -2.07. The number of aryl methyl sites for hydroxylation is 1. The van der Waals surface area contributed by atoms with E-state index in [1.807, 2.05) is 0 Å². The molecule has 0 unspecified atom stereocenters. The second-order valence-electron chi connectivity index (χ2n) is 4.35. The minimum absolute atomic E-state index is 0.169. The summed E-state index contributed by atoms with van der Waals surface area (Å²) in [5.41, 5.74) is 0.655. The molecule has 0 spiro atoms. The van der Waals surface area contributed by atoms with E-state index in [0.29, 0.717) is 18.0 Å². The van der Waals surface area contributed by atoms with E-state index in [4.69, 9.17) is 4.52 Å². The van der Waals surface area contributed by atoms with Crippen molar-refractivity contribution in [1.82, 2.24) is 20.2 Å². The fraction of sp³-hybridized carbons (Fsp3) is 0.333. The highest BCUT2D eigenvalue weighted by Gasteiger charge is 2.20. The van der Waals surface area contributed by atoms with Crippen LogP contribution in [0.4, 0.5) is 4.39 Å². The molecule has 1 heterocycles. The van der Waals surface area contributed by atoms with Crippen molar-refractivity contribution in [1.29, 1.82) is 0 Å². The average molecular weight is 314 g/mol. The maximum Gasteiger partial charge on any atom is 0.243 e. The fourth-order valence-corrected chi connectivity index (χ4v) is 2.76. The summed E-state index contributed by atoms with van der Waals surface area (Å²) in [6.07, 6.45) is 0. The number of benzene rings is 1. The van der Waals surface area contributed by atoms with E-state index in [2.05, 4.69) is 20.2 Å². The molecule has 0 bridgehead atoms. The molecule has 9 heteroatoms. The first-order valence-electron chi connectivity index (χ1n) is 6.14. The minimum atomic E-state index is -3.98. The van der Waals surface area contributed by atoms with Crippen molar-refractivity contribution in [2.45, 2.75) is 24.9 Å². The predicted molar refractivity (Wildman–Crippen MR) is 72.2 cm³/mol. The summed E-state index contributed by atoms with van der Waals surface area (Å²) < 4.78 is 45.0. The predicted octanol–water partition coefficient (Wildman–Crippen LogP) is 0.715. The van der Waals surface area contributed by atoms with Crippen LogP contribution in [-0.4, -0.2) is 25.6 Å². The first-order chi connectivity index (χ1) is 9.92. The first-order valence-corrected chi connectivity index (χ1v) is 7.62. The third-order valence-corrected chi connectivity index (χ3v) is 4.09. The van der Waals surface area contributed by atoms with Gasteiger partial charge in [0.2, 0.25) is 15.9 Å². The molecule has 0 amide bonds. The van der Waals surface area contributed by atoms with Gasteiger partial charge in [0.25, 0.3) is 0 Å². The Morgan fingerprint density at radius 1 is 1.33 bits per heavy atom. The fourth-order valence-electron chi connectivity index (χ4n) is 1.73. The summed E-state index contributed by atoms with van der Waals surface area (Å²) in [6, 6.07) is 3.96. The Bertz CT molecular complexity index is 730. The van der Waals surface area contributed by atoms with Gasteiger partial charge in [-0.1, -0.05) is 11.2 Å². The van der Waals surface area contributed by atoms with E-state index < -0.39 is 20.7 Å². The van der Waals surface area contributed by atoms with Crippen molar-refractivity contribution in [3.8, 4) is 0 Å². The second kappa shape index (κ2) is 6.29. The lowest BCUT2D eigenvalue weighted by molar-refractivity contribution is 0.387. The van der Waals surface area contributed by atoms with Gasteiger partial charge >= 0.3 is 0 Å². The summed E-state index contributed by atoms with van der Waals surface area (Å²) in [7, 11) is -2.26. The Morgan fingerprint density at radius 2 is 2.10 bits per heavy atom. The maximum absolute atomic E-state index is 13.9. The molecule has 114 valence electrons. The maximum atomic E-state index is 13.9. The Balaban J connectivity index is 2.15. The van der Waals surface area contributed by atoms with Crippen molar-refractivity contribution in [2.24, 2.45) is 0 Å². The zero-order chi connectivity index (χ0) is 15.5. The molecule has 0 saturated carbocycles. The number of hydrogen-bond acceptors (Lipinski definition) is 6. The monoisotopic (exact) mass is 314 g/mol. The van der Waals surface area contributed by atoms with E-state index in [9.17, 15) is 12.8 Å². The third-order valence-electron chi connectivity index (χ3n) is 2.66. The number of nitrogens with one attached hydrogen (secondary N) is 2. The third kappa shape index (κ3) is 3.84. The molecule has 0 radical (unpaired) electrons. The lowest BCUT2D eigenvalue weighted by Crippen LogP contribution is -2.25. The normalized spacial score (nSPS) is 11.8. The van der Waals surface area contributed by atoms with E-state index >= 15 is 0 Å². The smallest absolute Gasteiger partial charge is 0.243 e. The number of halogens is 1. The van der Waals surface area contributed by atoms with Gasteiger partial charge in [0.05, 0.1) is 6.54 Å². The van der Waals surface area contributed by atoms with Gasteiger partial charge in [-0.2, -0.15) is 4.98 Å². The number of sulfonamides is 1. The number of aromatic nitrogens is 2. The van der Waals surface area contributed by atoms with Crippen LogP contribution < -0.4 is 10.0 Å². The van der Waals surface area contributed by atoms with Crippen LogP contribution in [0.5, 0.6) is 0 Å². The topological polar surface area (TPSA) is 97.1 Å². The van der Waals surface area contributed by atoms with Crippen LogP contribution in [0.15, 0.2) is 27.6 Å². The van der Waals surface area contributed by atoms with Crippen LogP contribution in [0, 0.1) is 12.7 Å². The van der Waals surface area contributed by atoms with E-state index in [-0.39, 0.29) is 12.4 Å². The molecule has 2 rings (SSSR count). The van der Waals surface area contributed by atoms with Crippen molar-refractivity contribution in [3.63, 3.8) is 0 Å². The van der Waals surface area contributed by atoms with Crippen molar-refractivity contribution in [2.75, 3.05) is 7.05 Å². The Morgan fingerprint density at radius 3 is 2.67 bits per heavy atom. The molecule has 0 aliphatic rings. The molecule has 7 nitrogen and oxygen atoms in total. The zero-order valence-corrected chi connectivity index (χ0v) is 12.4. The first kappa shape index (κ1) is 15.5. The highest BCUT2D eigenvalue weighted by atomic mass is 32.2. The molecule has 0 fully saturated rings. The Kier molecular flexibility index (Phi) is 4.66. The molecule has 0 atom stereocenters. The van der Waals surface area contributed by atoms with Crippen LogP contribution in [0.25, 0.3) is 0 Å². The second-order valence-corrected chi connectivity index (χ2v) is 6.08. The van der Waals surface area contributed by atoms with Crippen molar-refractivity contribution in [3.05, 3.63) is 41.3 Å². The van der Waals surface area contributed by atoms with Crippen LogP contribution >= 0.6 is 0 Å². The molecule has 1 aromatic heterocycles. The standard InChI is InChI=1S/C12H15FN4O3S/c1-8-16-12(17-20-8)7-15-21(18,19)11-4-3-9(6-14-2)5-10(11)13/h3-5,14-15H,6-7H2,1-2H3. The van der Waals surface area contributed by atoms with Gasteiger partial charge in [0.1, 0.15) is 10.7 Å². The van der Waals surface area contributed by atoms with Crippen LogP contribution in [0.1, 0.15) is 17.3 Å². The highest BCUT2D eigenvalue weighted by Crippen LogP contribution is 2.16. The summed E-state index contributed by atoms with van der Waals surface area (Å²) in [5, 5.41) is 6.42. The van der Waals surface area contributed by atoms with Gasteiger partial charge in [0.15, 0.2) is 5.82 Å². The van der Waals surface area contributed by atoms with E-state index in [1.54, 1.807) is 20.0 Å². The summed E-state index contributed by atoms with van der Waals surface area (Å²) in [6.45, 7) is 1.87. The summed E-state index contributed by atoms with van der Waals surface area (Å²) >= 11 is 0. The molecule has 0 aliphatic carbocycles. The summed E-state index contributed by atoms with van der Waals surface area (Å²) in [5.74, 6) is -0.297. The number of nitrogens with zero attached hydrogens (tertiary/aromatic N) is 2. The van der Waals surface area contributed by atoms with Gasteiger partial charge < -0.3 is 9.84 Å². The molecule has 0 saturated heterocycles.